The topological polar surface area (TPSA) is 110 Å². The third-order valence-corrected chi connectivity index (χ3v) is 3.29. The number of aromatic nitrogens is 3. The van der Waals surface area contributed by atoms with Crippen molar-refractivity contribution in [3.63, 3.8) is 0 Å². The molecule has 9 heteroatoms. The zero-order valence-electron chi connectivity index (χ0n) is 9.49. The zero-order valence-corrected chi connectivity index (χ0v) is 10.3. The van der Waals surface area contributed by atoms with E-state index in [0.717, 1.165) is 0 Å². The van der Waals surface area contributed by atoms with Crippen molar-refractivity contribution in [1.29, 1.82) is 0 Å². The van der Waals surface area contributed by atoms with Gasteiger partial charge in [0.25, 0.3) is 10.0 Å². The average molecular weight is 269 g/mol. The summed E-state index contributed by atoms with van der Waals surface area (Å²) in [5.74, 6) is 0.376. The van der Waals surface area contributed by atoms with Crippen LogP contribution in [0.5, 0.6) is 0 Å². The Hall–Kier alpha value is -2.16. The molecule has 0 aliphatic rings. The first-order valence-electron chi connectivity index (χ1n) is 5.10. The highest BCUT2D eigenvalue weighted by Gasteiger charge is 2.16. The molecule has 2 heterocycles. The number of nitrogens with zero attached hydrogens (tertiary/aromatic N) is 3. The molecule has 18 heavy (non-hydrogen) atoms. The largest absolute Gasteiger partial charge is 0.362 e. The minimum absolute atomic E-state index is 0.0367. The predicted molar refractivity (Wildman–Crippen MR) is 63.5 cm³/mol. The lowest BCUT2D eigenvalue weighted by molar-refractivity contribution is 0.420. The zero-order chi connectivity index (χ0) is 13.0. The summed E-state index contributed by atoms with van der Waals surface area (Å²) in [4.78, 5) is 7.73. The third-order valence-electron chi connectivity index (χ3n) is 1.96. The second-order valence-corrected chi connectivity index (χ2v) is 4.97. The SMILES string of the molecule is CCNc1ncc(S(=O)(=O)Nc2cnoc2)cn1. The fourth-order valence-electron chi connectivity index (χ4n) is 1.17. The molecule has 96 valence electrons. The van der Waals surface area contributed by atoms with Crippen LogP contribution < -0.4 is 10.0 Å². The average Bonchev–Trinajstić information content (AvgIpc) is 2.82. The van der Waals surface area contributed by atoms with Crippen LogP contribution in [0, 0.1) is 0 Å². The Morgan fingerprint density at radius 1 is 1.28 bits per heavy atom. The van der Waals surface area contributed by atoms with E-state index in [-0.39, 0.29) is 10.6 Å². The van der Waals surface area contributed by atoms with Crippen LogP contribution in [-0.2, 0) is 10.0 Å². The molecule has 0 radical (unpaired) electrons. The lowest BCUT2D eigenvalue weighted by Gasteiger charge is -2.05. The maximum Gasteiger partial charge on any atom is 0.265 e. The summed E-state index contributed by atoms with van der Waals surface area (Å²) in [6.45, 7) is 2.55. The summed E-state index contributed by atoms with van der Waals surface area (Å²) < 4.78 is 30.6. The smallest absolute Gasteiger partial charge is 0.265 e. The van der Waals surface area contributed by atoms with Crippen LogP contribution in [0.3, 0.4) is 0 Å². The number of rotatable bonds is 5. The Balaban J connectivity index is 2.19. The van der Waals surface area contributed by atoms with Gasteiger partial charge in [0.1, 0.15) is 16.8 Å². The van der Waals surface area contributed by atoms with Gasteiger partial charge in [-0.25, -0.2) is 18.4 Å². The molecule has 2 rings (SSSR count). The van der Waals surface area contributed by atoms with Crippen molar-refractivity contribution in [3.8, 4) is 0 Å². The molecule has 2 aromatic heterocycles. The highest BCUT2D eigenvalue weighted by Crippen LogP contribution is 2.14. The van der Waals surface area contributed by atoms with Crippen LogP contribution in [0.1, 0.15) is 6.92 Å². The Labute approximate surface area is 103 Å². The first kappa shape index (κ1) is 12.3. The molecule has 0 atom stereocenters. The molecule has 8 nitrogen and oxygen atoms in total. The van der Waals surface area contributed by atoms with Crippen molar-refractivity contribution in [3.05, 3.63) is 24.9 Å². The molecule has 0 bridgehead atoms. The van der Waals surface area contributed by atoms with Gasteiger partial charge in [0, 0.05) is 6.54 Å². The lowest BCUT2D eigenvalue weighted by atomic mass is 10.6. The Morgan fingerprint density at radius 2 is 2.00 bits per heavy atom. The van der Waals surface area contributed by atoms with Crippen LogP contribution in [0.15, 0.2) is 34.3 Å². The Kier molecular flexibility index (Phi) is 3.42. The van der Waals surface area contributed by atoms with Gasteiger partial charge in [0.05, 0.1) is 18.6 Å². The summed E-state index contributed by atoms with van der Waals surface area (Å²) in [7, 11) is -3.72. The number of sulfonamides is 1. The summed E-state index contributed by atoms with van der Waals surface area (Å²) in [5, 5.41) is 6.26. The molecule has 0 saturated heterocycles. The van der Waals surface area contributed by atoms with E-state index in [1.165, 1.54) is 24.9 Å². The standard InChI is InChI=1S/C9H11N5O3S/c1-2-10-9-11-4-8(5-12-9)18(15,16)14-7-3-13-17-6-7/h3-6,14H,2H2,1H3,(H,10,11,12). The molecular weight excluding hydrogens is 258 g/mol. The van der Waals surface area contributed by atoms with Gasteiger partial charge in [-0.05, 0) is 6.92 Å². The predicted octanol–water partition coefficient (Wildman–Crippen LogP) is 0.697. The molecular formula is C9H11N5O3S. The van der Waals surface area contributed by atoms with Crippen LogP contribution >= 0.6 is 0 Å². The molecule has 2 aromatic rings. The van der Waals surface area contributed by atoms with Crippen molar-refractivity contribution in [2.45, 2.75) is 11.8 Å². The molecule has 0 spiro atoms. The van der Waals surface area contributed by atoms with E-state index < -0.39 is 10.0 Å². The normalized spacial score (nSPS) is 11.2. The van der Waals surface area contributed by atoms with Crippen molar-refractivity contribution in [2.24, 2.45) is 0 Å². The summed E-state index contributed by atoms with van der Waals surface area (Å²) in [6.07, 6.45) is 4.89. The molecule has 0 aromatic carbocycles. The van der Waals surface area contributed by atoms with E-state index in [4.69, 9.17) is 0 Å². The Morgan fingerprint density at radius 3 is 2.56 bits per heavy atom. The van der Waals surface area contributed by atoms with E-state index in [1.807, 2.05) is 6.92 Å². The minimum atomic E-state index is -3.72. The maximum atomic E-state index is 11.9. The number of anilines is 2. The van der Waals surface area contributed by atoms with Crippen LogP contribution in [0.4, 0.5) is 11.6 Å². The van der Waals surface area contributed by atoms with Crippen molar-refractivity contribution in [2.75, 3.05) is 16.6 Å². The molecule has 0 unspecified atom stereocenters. The summed E-state index contributed by atoms with van der Waals surface area (Å²) >= 11 is 0. The van der Waals surface area contributed by atoms with Crippen molar-refractivity contribution >= 4 is 21.7 Å². The van der Waals surface area contributed by atoms with Gasteiger partial charge < -0.3 is 9.84 Å². The second-order valence-electron chi connectivity index (χ2n) is 3.29. The van der Waals surface area contributed by atoms with E-state index in [9.17, 15) is 8.42 Å². The van der Waals surface area contributed by atoms with Crippen LogP contribution in [-0.4, -0.2) is 30.1 Å². The molecule has 0 aliphatic carbocycles. The van der Waals surface area contributed by atoms with E-state index in [1.54, 1.807) is 0 Å². The number of hydrogen-bond acceptors (Lipinski definition) is 7. The van der Waals surface area contributed by atoms with Gasteiger partial charge in [-0.3, -0.25) is 4.72 Å². The van der Waals surface area contributed by atoms with Gasteiger partial charge >= 0.3 is 0 Å². The van der Waals surface area contributed by atoms with Gasteiger partial charge in [0.15, 0.2) is 0 Å². The van der Waals surface area contributed by atoms with Gasteiger partial charge in [-0.2, -0.15) is 0 Å². The van der Waals surface area contributed by atoms with Gasteiger partial charge in [-0.15, -0.1) is 0 Å². The van der Waals surface area contributed by atoms with E-state index in [2.05, 4.69) is 29.7 Å². The first-order valence-corrected chi connectivity index (χ1v) is 6.58. The van der Waals surface area contributed by atoms with Gasteiger partial charge in [0.2, 0.25) is 5.95 Å². The van der Waals surface area contributed by atoms with Gasteiger partial charge in [-0.1, -0.05) is 5.16 Å². The molecule has 0 saturated carbocycles. The molecule has 2 N–H and O–H groups in total. The minimum Gasteiger partial charge on any atom is -0.362 e. The van der Waals surface area contributed by atoms with E-state index >= 15 is 0 Å². The number of nitrogens with one attached hydrogen (secondary N) is 2. The van der Waals surface area contributed by atoms with Crippen molar-refractivity contribution in [1.82, 2.24) is 15.1 Å². The number of hydrogen-bond donors (Lipinski definition) is 2. The lowest BCUT2D eigenvalue weighted by Crippen LogP contribution is -2.13. The highest BCUT2D eigenvalue weighted by molar-refractivity contribution is 7.92. The fourth-order valence-corrected chi connectivity index (χ4v) is 2.09. The van der Waals surface area contributed by atoms with Crippen LogP contribution in [0.2, 0.25) is 0 Å². The highest BCUT2D eigenvalue weighted by atomic mass is 32.2. The summed E-state index contributed by atoms with van der Waals surface area (Å²) in [5.41, 5.74) is 0.241. The Bertz CT molecular complexity index is 594. The summed E-state index contributed by atoms with van der Waals surface area (Å²) in [6, 6.07) is 0. The fraction of sp³-hybridized carbons (Fsp3) is 0.222. The first-order chi connectivity index (χ1) is 8.62. The van der Waals surface area contributed by atoms with Crippen molar-refractivity contribution < 1.29 is 12.9 Å². The third kappa shape index (κ3) is 2.74. The quantitative estimate of drug-likeness (QED) is 0.821. The second kappa shape index (κ2) is 5.00. The molecule has 0 fully saturated rings. The molecule has 0 amide bonds. The molecule has 0 aliphatic heterocycles. The monoisotopic (exact) mass is 269 g/mol. The van der Waals surface area contributed by atoms with Crippen LogP contribution in [0.25, 0.3) is 0 Å². The maximum absolute atomic E-state index is 11.9. The van der Waals surface area contributed by atoms with E-state index in [0.29, 0.717) is 12.5 Å².